The van der Waals surface area contributed by atoms with Gasteiger partial charge in [-0.15, -0.1) is 0 Å². The van der Waals surface area contributed by atoms with Crippen molar-refractivity contribution in [3.8, 4) is 34.5 Å². The molecule has 0 saturated heterocycles. The second-order valence-corrected chi connectivity index (χ2v) is 6.75. The third-order valence-electron chi connectivity index (χ3n) is 4.13. The van der Waals surface area contributed by atoms with Crippen LogP contribution in [0.2, 0.25) is 10.0 Å². The molecule has 28 heavy (non-hydrogen) atoms. The average molecular weight is 413 g/mol. The number of aromatic nitrogens is 2. The summed E-state index contributed by atoms with van der Waals surface area (Å²) in [6.07, 6.45) is 0. The zero-order valence-corrected chi connectivity index (χ0v) is 16.2. The summed E-state index contributed by atoms with van der Waals surface area (Å²) in [5, 5.41) is 12.1. The molecule has 0 spiro atoms. The van der Waals surface area contributed by atoms with E-state index in [0.29, 0.717) is 49.7 Å². The highest BCUT2D eigenvalue weighted by atomic mass is 35.5. The Bertz CT molecular complexity index is 1180. The molecule has 0 saturated carbocycles. The van der Waals surface area contributed by atoms with Crippen molar-refractivity contribution in [3.63, 3.8) is 0 Å². The van der Waals surface area contributed by atoms with Gasteiger partial charge in [-0.25, -0.2) is 4.98 Å². The second kappa shape index (κ2) is 7.54. The lowest BCUT2D eigenvalue weighted by Crippen LogP contribution is -1.97. The lowest BCUT2D eigenvalue weighted by molar-refractivity contribution is 0.374. The van der Waals surface area contributed by atoms with Crippen LogP contribution < -0.4 is 9.47 Å². The fourth-order valence-electron chi connectivity index (χ4n) is 2.77. The first kappa shape index (κ1) is 18.3. The van der Waals surface area contributed by atoms with Crippen molar-refractivity contribution in [2.75, 3.05) is 7.11 Å². The van der Waals surface area contributed by atoms with E-state index in [4.69, 9.17) is 32.7 Å². The summed E-state index contributed by atoms with van der Waals surface area (Å²) in [7, 11) is 1.48. The van der Waals surface area contributed by atoms with Crippen LogP contribution in [0.4, 0.5) is 0 Å². The number of nitrogens with zero attached hydrogens (tertiary/aromatic N) is 2. The molecule has 0 amide bonds. The highest BCUT2D eigenvalue weighted by Crippen LogP contribution is 2.39. The Balaban J connectivity index is 1.90. The molecule has 140 valence electrons. The molecule has 0 unspecified atom stereocenters. The van der Waals surface area contributed by atoms with Gasteiger partial charge in [0.2, 0.25) is 5.88 Å². The third-order valence-corrected chi connectivity index (χ3v) is 4.68. The molecule has 3 aromatic carbocycles. The van der Waals surface area contributed by atoms with Gasteiger partial charge >= 0.3 is 0 Å². The van der Waals surface area contributed by atoms with Crippen molar-refractivity contribution in [1.29, 1.82) is 0 Å². The SMILES string of the molecule is COc1cccc(-c2nc(Oc3cc(Cl)ccc3Cl)c3ccccc3n2)c1O. The van der Waals surface area contributed by atoms with Crippen LogP contribution in [0.3, 0.4) is 0 Å². The Morgan fingerprint density at radius 3 is 2.54 bits per heavy atom. The Labute approximate surface area is 171 Å². The standard InChI is InChI=1S/C21H14Cl2N2O3/c1-27-17-8-4-6-14(19(17)26)20-24-16-7-3-2-5-13(16)21(25-20)28-18-11-12(22)9-10-15(18)23/h2-11,26H,1H3. The van der Waals surface area contributed by atoms with E-state index in [-0.39, 0.29) is 5.75 Å². The summed E-state index contributed by atoms with van der Waals surface area (Å²) in [4.78, 5) is 9.08. The van der Waals surface area contributed by atoms with Crippen molar-refractivity contribution in [3.05, 3.63) is 70.7 Å². The van der Waals surface area contributed by atoms with Crippen LogP contribution in [0.15, 0.2) is 60.7 Å². The maximum Gasteiger partial charge on any atom is 0.230 e. The number of ether oxygens (including phenoxy) is 2. The van der Waals surface area contributed by atoms with Gasteiger partial charge in [0.05, 0.1) is 28.6 Å². The van der Waals surface area contributed by atoms with Crippen LogP contribution in [-0.4, -0.2) is 22.2 Å². The maximum absolute atomic E-state index is 10.5. The Morgan fingerprint density at radius 2 is 1.71 bits per heavy atom. The summed E-state index contributed by atoms with van der Waals surface area (Å²) in [5.41, 5.74) is 1.08. The number of halogens is 2. The minimum atomic E-state index is -0.0491. The lowest BCUT2D eigenvalue weighted by Gasteiger charge is -2.12. The first-order valence-electron chi connectivity index (χ1n) is 8.33. The van der Waals surface area contributed by atoms with E-state index in [1.807, 2.05) is 24.3 Å². The van der Waals surface area contributed by atoms with Gasteiger partial charge in [-0.2, -0.15) is 4.98 Å². The molecular weight excluding hydrogens is 399 g/mol. The molecule has 1 heterocycles. The van der Waals surface area contributed by atoms with E-state index in [1.54, 1.807) is 36.4 Å². The van der Waals surface area contributed by atoms with Crippen molar-refractivity contribution in [1.82, 2.24) is 9.97 Å². The molecule has 4 aromatic rings. The van der Waals surface area contributed by atoms with E-state index in [2.05, 4.69) is 9.97 Å². The van der Waals surface area contributed by atoms with Crippen LogP contribution in [0.1, 0.15) is 0 Å². The fraction of sp³-hybridized carbons (Fsp3) is 0.0476. The number of fused-ring (bicyclic) bond motifs is 1. The van der Waals surface area contributed by atoms with Crippen LogP contribution in [0.5, 0.6) is 23.1 Å². The van der Waals surface area contributed by atoms with Crippen LogP contribution in [-0.2, 0) is 0 Å². The molecule has 7 heteroatoms. The van der Waals surface area contributed by atoms with Gasteiger partial charge in [-0.3, -0.25) is 0 Å². The molecular formula is C21H14Cl2N2O3. The lowest BCUT2D eigenvalue weighted by atomic mass is 10.1. The fourth-order valence-corrected chi connectivity index (χ4v) is 3.09. The van der Waals surface area contributed by atoms with Gasteiger partial charge in [-0.05, 0) is 36.4 Å². The van der Waals surface area contributed by atoms with Crippen LogP contribution >= 0.6 is 23.2 Å². The Morgan fingerprint density at radius 1 is 0.893 bits per heavy atom. The summed E-state index contributed by atoms with van der Waals surface area (Å²) < 4.78 is 11.2. The van der Waals surface area contributed by atoms with Crippen LogP contribution in [0, 0.1) is 0 Å². The molecule has 0 aliphatic heterocycles. The Hall–Kier alpha value is -3.02. The van der Waals surface area contributed by atoms with Crippen molar-refractivity contribution >= 4 is 34.1 Å². The molecule has 0 radical (unpaired) electrons. The highest BCUT2D eigenvalue weighted by molar-refractivity contribution is 6.34. The summed E-state index contributed by atoms with van der Waals surface area (Å²) in [5.74, 6) is 1.25. The minimum Gasteiger partial charge on any atom is -0.504 e. The smallest absolute Gasteiger partial charge is 0.230 e. The van der Waals surface area contributed by atoms with E-state index >= 15 is 0 Å². The minimum absolute atomic E-state index is 0.0491. The molecule has 5 nitrogen and oxygen atoms in total. The number of methoxy groups -OCH3 is 1. The molecule has 4 rings (SSSR count). The number of benzene rings is 3. The van der Waals surface area contributed by atoms with E-state index in [9.17, 15) is 5.11 Å². The predicted molar refractivity (Wildman–Crippen MR) is 110 cm³/mol. The third kappa shape index (κ3) is 3.42. The average Bonchev–Trinajstić information content (AvgIpc) is 2.71. The number of rotatable bonds is 4. The van der Waals surface area contributed by atoms with Gasteiger partial charge in [0, 0.05) is 11.1 Å². The predicted octanol–water partition coefficient (Wildman–Crippen LogP) is 6.11. The number of para-hydroxylation sites is 2. The molecule has 0 bridgehead atoms. The normalized spacial score (nSPS) is 10.8. The van der Waals surface area contributed by atoms with Gasteiger partial charge < -0.3 is 14.6 Å². The molecule has 0 fully saturated rings. The number of aromatic hydroxyl groups is 1. The molecule has 1 aromatic heterocycles. The molecule has 1 N–H and O–H groups in total. The number of phenols is 1. The molecule has 0 aliphatic carbocycles. The van der Waals surface area contributed by atoms with E-state index in [1.165, 1.54) is 7.11 Å². The van der Waals surface area contributed by atoms with Gasteiger partial charge in [0.15, 0.2) is 17.3 Å². The summed E-state index contributed by atoms with van der Waals surface area (Å²) in [6.45, 7) is 0. The highest BCUT2D eigenvalue weighted by Gasteiger charge is 2.17. The monoisotopic (exact) mass is 412 g/mol. The van der Waals surface area contributed by atoms with Crippen molar-refractivity contribution in [2.45, 2.75) is 0 Å². The first-order valence-corrected chi connectivity index (χ1v) is 9.08. The molecule has 0 atom stereocenters. The first-order chi connectivity index (χ1) is 13.6. The topological polar surface area (TPSA) is 64.5 Å². The Kier molecular flexibility index (Phi) is 4.94. The van der Waals surface area contributed by atoms with E-state index < -0.39 is 0 Å². The zero-order chi connectivity index (χ0) is 19.7. The van der Waals surface area contributed by atoms with Crippen LogP contribution in [0.25, 0.3) is 22.3 Å². The number of hydrogen-bond donors (Lipinski definition) is 1. The van der Waals surface area contributed by atoms with Crippen molar-refractivity contribution in [2.24, 2.45) is 0 Å². The van der Waals surface area contributed by atoms with Gasteiger partial charge in [0.1, 0.15) is 5.75 Å². The maximum atomic E-state index is 10.5. The quantitative estimate of drug-likeness (QED) is 0.437. The summed E-state index contributed by atoms with van der Waals surface area (Å²) >= 11 is 12.3. The number of phenolic OH excluding ortho intramolecular Hbond substituents is 1. The van der Waals surface area contributed by atoms with Crippen molar-refractivity contribution < 1.29 is 14.6 Å². The molecule has 0 aliphatic rings. The van der Waals surface area contributed by atoms with Gasteiger partial charge in [-0.1, -0.05) is 41.4 Å². The van der Waals surface area contributed by atoms with Gasteiger partial charge in [0.25, 0.3) is 0 Å². The second-order valence-electron chi connectivity index (χ2n) is 5.90. The zero-order valence-electron chi connectivity index (χ0n) is 14.7. The van der Waals surface area contributed by atoms with E-state index in [0.717, 1.165) is 0 Å². The number of hydrogen-bond acceptors (Lipinski definition) is 5. The summed E-state index contributed by atoms with van der Waals surface area (Å²) in [6, 6.07) is 17.5. The largest absolute Gasteiger partial charge is 0.504 e.